The maximum atomic E-state index is 13.7. The number of rotatable bonds is 6. The van der Waals surface area contributed by atoms with Crippen molar-refractivity contribution in [2.24, 2.45) is 0 Å². The van der Waals surface area contributed by atoms with Crippen LogP contribution in [0.2, 0.25) is 0 Å². The quantitative estimate of drug-likeness (QED) is 0.616. The van der Waals surface area contributed by atoms with Gasteiger partial charge in [-0.2, -0.15) is 4.39 Å². The average Bonchev–Trinajstić information content (AvgIpc) is 2.38. The van der Waals surface area contributed by atoms with E-state index in [1.54, 1.807) is 6.92 Å². The van der Waals surface area contributed by atoms with Crippen LogP contribution in [0.4, 0.5) is 14.5 Å². The van der Waals surface area contributed by atoms with Crippen molar-refractivity contribution >= 4 is 11.6 Å². The van der Waals surface area contributed by atoms with Crippen molar-refractivity contribution in [1.29, 1.82) is 0 Å². The summed E-state index contributed by atoms with van der Waals surface area (Å²) in [7, 11) is 0. The molecule has 6 nitrogen and oxygen atoms in total. The molecule has 0 aliphatic heterocycles. The molecule has 1 unspecified atom stereocenters. The molecule has 0 spiro atoms. The van der Waals surface area contributed by atoms with Gasteiger partial charge in [0.1, 0.15) is 11.4 Å². The number of hydrogen-bond donors (Lipinski definition) is 2. The van der Waals surface area contributed by atoms with Gasteiger partial charge in [0.25, 0.3) is 5.91 Å². The minimum absolute atomic E-state index is 0.00934. The predicted octanol–water partition coefficient (Wildman–Crippen LogP) is 1.76. The Labute approximate surface area is 113 Å². The van der Waals surface area contributed by atoms with Crippen molar-refractivity contribution in [2.45, 2.75) is 25.9 Å². The highest BCUT2D eigenvalue weighted by Crippen LogP contribution is 2.22. The van der Waals surface area contributed by atoms with Gasteiger partial charge in [-0.3, -0.25) is 14.9 Å². The molecule has 1 aromatic rings. The molecular weight excluding hydrogens is 274 g/mol. The lowest BCUT2D eigenvalue weighted by atomic mass is 10.1. The fourth-order valence-electron chi connectivity index (χ4n) is 1.54. The summed E-state index contributed by atoms with van der Waals surface area (Å²) in [5.41, 5.74) is -1.96. The lowest BCUT2D eigenvalue weighted by molar-refractivity contribution is -0.387. The molecule has 2 N–H and O–H groups in total. The van der Waals surface area contributed by atoms with E-state index in [1.165, 1.54) is 0 Å². The maximum absolute atomic E-state index is 13.7. The molecule has 0 aliphatic carbocycles. The number of nitro groups is 1. The third-order valence-electron chi connectivity index (χ3n) is 2.73. The van der Waals surface area contributed by atoms with E-state index in [1.807, 2.05) is 0 Å². The first-order valence-corrected chi connectivity index (χ1v) is 5.97. The molecule has 1 aromatic carbocycles. The number of nitrogens with one attached hydrogen (secondary N) is 1. The molecule has 0 bridgehead atoms. The molecule has 1 amide bonds. The summed E-state index contributed by atoms with van der Waals surface area (Å²) < 4.78 is 27.1. The Morgan fingerprint density at radius 3 is 2.70 bits per heavy atom. The normalized spacial score (nSPS) is 12.0. The molecule has 110 valence electrons. The first-order valence-electron chi connectivity index (χ1n) is 5.97. The highest BCUT2D eigenvalue weighted by Gasteiger charge is 2.25. The van der Waals surface area contributed by atoms with Crippen molar-refractivity contribution < 1.29 is 23.6 Å². The molecule has 1 atom stereocenters. The predicted molar refractivity (Wildman–Crippen MR) is 66.3 cm³/mol. The monoisotopic (exact) mass is 288 g/mol. The zero-order valence-electron chi connectivity index (χ0n) is 10.7. The van der Waals surface area contributed by atoms with Crippen molar-refractivity contribution in [3.63, 3.8) is 0 Å². The second-order valence-electron chi connectivity index (χ2n) is 4.12. The topological polar surface area (TPSA) is 92.5 Å². The smallest absolute Gasteiger partial charge is 0.305 e. The lowest BCUT2D eigenvalue weighted by Gasteiger charge is -2.09. The van der Waals surface area contributed by atoms with E-state index in [0.29, 0.717) is 18.6 Å². The number of amides is 1. The van der Waals surface area contributed by atoms with Gasteiger partial charge < -0.3 is 10.4 Å². The Balaban J connectivity index is 2.87. The van der Waals surface area contributed by atoms with Crippen molar-refractivity contribution in [3.05, 3.63) is 39.4 Å². The van der Waals surface area contributed by atoms with Gasteiger partial charge >= 0.3 is 5.69 Å². The van der Waals surface area contributed by atoms with Crippen molar-refractivity contribution in [2.75, 3.05) is 6.54 Å². The van der Waals surface area contributed by atoms with Crippen LogP contribution in [0.3, 0.4) is 0 Å². The average molecular weight is 288 g/mol. The Morgan fingerprint density at radius 1 is 1.50 bits per heavy atom. The molecule has 0 radical (unpaired) electrons. The van der Waals surface area contributed by atoms with Gasteiger partial charge in [-0.25, -0.2) is 4.39 Å². The zero-order chi connectivity index (χ0) is 15.3. The minimum atomic E-state index is -1.51. The number of halogens is 2. The van der Waals surface area contributed by atoms with Gasteiger partial charge in [0.05, 0.1) is 11.0 Å². The van der Waals surface area contributed by atoms with Gasteiger partial charge in [-0.15, -0.1) is 0 Å². The summed E-state index contributed by atoms with van der Waals surface area (Å²) >= 11 is 0. The van der Waals surface area contributed by atoms with Crippen molar-refractivity contribution in [1.82, 2.24) is 5.32 Å². The fourth-order valence-corrected chi connectivity index (χ4v) is 1.54. The van der Waals surface area contributed by atoms with Crippen LogP contribution in [0.1, 0.15) is 30.1 Å². The van der Waals surface area contributed by atoms with Crippen LogP contribution in [-0.4, -0.2) is 28.6 Å². The highest BCUT2D eigenvalue weighted by molar-refractivity contribution is 5.95. The van der Waals surface area contributed by atoms with E-state index >= 15 is 0 Å². The summed E-state index contributed by atoms with van der Waals surface area (Å²) in [6.07, 6.45) is 0.0746. The van der Waals surface area contributed by atoms with E-state index in [9.17, 15) is 28.8 Å². The number of nitrogens with zero attached hydrogens (tertiary/aromatic N) is 1. The first kappa shape index (κ1) is 16.0. The summed E-state index contributed by atoms with van der Waals surface area (Å²) in [4.78, 5) is 21.1. The number of aliphatic hydroxyl groups excluding tert-OH is 1. The van der Waals surface area contributed by atoms with Crippen molar-refractivity contribution in [3.8, 4) is 0 Å². The molecule has 0 heterocycles. The van der Waals surface area contributed by atoms with E-state index in [-0.39, 0.29) is 13.0 Å². The van der Waals surface area contributed by atoms with Crippen LogP contribution in [0.25, 0.3) is 0 Å². The Kier molecular flexibility index (Phi) is 5.51. The van der Waals surface area contributed by atoms with Crippen LogP contribution >= 0.6 is 0 Å². The van der Waals surface area contributed by atoms with E-state index < -0.39 is 39.8 Å². The number of benzene rings is 1. The van der Waals surface area contributed by atoms with Gasteiger partial charge in [-0.05, 0) is 18.9 Å². The molecule has 0 saturated carbocycles. The fraction of sp³-hybridized carbons (Fsp3) is 0.417. The molecular formula is C12H14F2N2O4. The maximum Gasteiger partial charge on any atom is 0.305 e. The number of carbonyl (C=O) groups is 1. The SMILES string of the molecule is CCC(O)CCNC(=O)c1c(F)ccc([N+](=O)[O-])c1F. The third-order valence-corrected chi connectivity index (χ3v) is 2.73. The molecule has 0 aromatic heterocycles. The largest absolute Gasteiger partial charge is 0.393 e. The van der Waals surface area contributed by atoms with Gasteiger partial charge in [0.2, 0.25) is 5.82 Å². The van der Waals surface area contributed by atoms with E-state index in [0.717, 1.165) is 0 Å². The summed E-state index contributed by atoms with van der Waals surface area (Å²) in [5.74, 6) is -3.78. The van der Waals surface area contributed by atoms with Gasteiger partial charge in [-0.1, -0.05) is 6.92 Å². The minimum Gasteiger partial charge on any atom is -0.393 e. The lowest BCUT2D eigenvalue weighted by Crippen LogP contribution is -2.28. The Morgan fingerprint density at radius 2 is 2.15 bits per heavy atom. The second kappa shape index (κ2) is 6.90. The number of hydrogen-bond acceptors (Lipinski definition) is 4. The summed E-state index contributed by atoms with van der Waals surface area (Å²) in [6, 6.07) is 1.32. The van der Waals surface area contributed by atoms with Gasteiger partial charge in [0, 0.05) is 12.6 Å². The molecule has 0 fully saturated rings. The third kappa shape index (κ3) is 3.70. The zero-order valence-corrected chi connectivity index (χ0v) is 10.7. The van der Waals surface area contributed by atoms with E-state index in [4.69, 9.17) is 0 Å². The number of aliphatic hydroxyl groups is 1. The summed E-state index contributed by atoms with van der Waals surface area (Å²) in [5, 5.41) is 22.0. The van der Waals surface area contributed by atoms with Crippen LogP contribution in [0, 0.1) is 21.7 Å². The number of carbonyl (C=O) groups excluding carboxylic acids is 1. The molecule has 1 rings (SSSR count). The molecule has 0 saturated heterocycles. The van der Waals surface area contributed by atoms with Crippen LogP contribution in [-0.2, 0) is 0 Å². The summed E-state index contributed by atoms with van der Waals surface area (Å²) in [6.45, 7) is 1.75. The highest BCUT2D eigenvalue weighted by atomic mass is 19.1. The number of nitro benzene ring substituents is 1. The Hall–Kier alpha value is -2.09. The molecule has 8 heteroatoms. The van der Waals surface area contributed by atoms with Gasteiger partial charge in [0.15, 0.2) is 0 Å². The second-order valence-corrected chi connectivity index (χ2v) is 4.12. The Bertz CT molecular complexity index is 522. The first-order chi connectivity index (χ1) is 9.38. The molecule has 0 aliphatic rings. The standard InChI is InChI=1S/C12H14F2N2O4/c1-2-7(17)5-6-15-12(18)10-8(13)3-4-9(11(10)14)16(19)20/h3-4,7,17H,2,5-6H2,1H3,(H,15,18). The molecule has 20 heavy (non-hydrogen) atoms. The van der Waals surface area contributed by atoms with Crippen LogP contribution < -0.4 is 5.32 Å². The van der Waals surface area contributed by atoms with Crippen LogP contribution in [0.15, 0.2) is 12.1 Å². The van der Waals surface area contributed by atoms with E-state index in [2.05, 4.69) is 5.32 Å². The van der Waals surface area contributed by atoms with Crippen LogP contribution in [0.5, 0.6) is 0 Å².